The summed E-state index contributed by atoms with van der Waals surface area (Å²) in [6.07, 6.45) is 1.16. The molecule has 27 heavy (non-hydrogen) atoms. The summed E-state index contributed by atoms with van der Waals surface area (Å²) in [5.41, 5.74) is 0.548. The highest BCUT2D eigenvalue weighted by Crippen LogP contribution is 2.28. The van der Waals surface area contributed by atoms with Crippen LogP contribution in [0, 0.1) is 11.7 Å². The van der Waals surface area contributed by atoms with Crippen LogP contribution in [0.3, 0.4) is 0 Å². The van der Waals surface area contributed by atoms with Gasteiger partial charge in [-0.3, -0.25) is 4.79 Å². The Morgan fingerprint density at radius 2 is 1.93 bits per heavy atom. The van der Waals surface area contributed by atoms with Crippen molar-refractivity contribution in [2.24, 2.45) is 5.92 Å². The van der Waals surface area contributed by atoms with Crippen LogP contribution in [-0.2, 0) is 14.8 Å². The van der Waals surface area contributed by atoms with Crippen molar-refractivity contribution in [3.8, 4) is 0 Å². The molecule has 1 aliphatic rings. The fraction of sp³-hybridized carbons (Fsp3) is 0.278. The molecule has 0 bridgehead atoms. The van der Waals surface area contributed by atoms with Gasteiger partial charge in [-0.1, -0.05) is 11.6 Å². The lowest BCUT2D eigenvalue weighted by atomic mass is 9.99. The van der Waals surface area contributed by atoms with Crippen molar-refractivity contribution < 1.29 is 17.6 Å². The first-order chi connectivity index (χ1) is 12.8. The summed E-state index contributed by atoms with van der Waals surface area (Å²) in [6, 6.07) is 9.75. The Kier molecular flexibility index (Phi) is 6.20. The van der Waals surface area contributed by atoms with Crippen LogP contribution in [0.15, 0.2) is 51.8 Å². The van der Waals surface area contributed by atoms with Crippen molar-refractivity contribution >= 4 is 49.1 Å². The minimum absolute atomic E-state index is 0.0182. The standard InChI is InChI=1S/C18H17BrClFN2O3S/c19-16-8-5-14(10-17(16)20)22-18(24)12-2-1-9-23(11-12)27(25,26)15-6-3-13(21)4-7-15/h3-8,10,12H,1-2,9,11H2,(H,22,24)/t12-/m1/s1. The Balaban J connectivity index is 1.72. The number of benzene rings is 2. The van der Waals surface area contributed by atoms with Gasteiger partial charge in [-0.15, -0.1) is 0 Å². The smallest absolute Gasteiger partial charge is 0.243 e. The largest absolute Gasteiger partial charge is 0.326 e. The number of carbonyl (C=O) groups excluding carboxylic acids is 1. The second-order valence-corrected chi connectivity index (χ2v) is 9.47. The van der Waals surface area contributed by atoms with Gasteiger partial charge in [-0.05, 0) is 71.2 Å². The van der Waals surface area contributed by atoms with Crippen molar-refractivity contribution in [2.45, 2.75) is 17.7 Å². The molecule has 1 amide bonds. The second-order valence-electron chi connectivity index (χ2n) is 6.27. The van der Waals surface area contributed by atoms with E-state index in [1.54, 1.807) is 18.2 Å². The zero-order valence-electron chi connectivity index (χ0n) is 14.2. The van der Waals surface area contributed by atoms with E-state index in [1.165, 1.54) is 16.4 Å². The number of hydrogen-bond acceptors (Lipinski definition) is 3. The number of hydrogen-bond donors (Lipinski definition) is 1. The Morgan fingerprint density at radius 3 is 2.59 bits per heavy atom. The number of piperidine rings is 1. The molecule has 2 aromatic rings. The lowest BCUT2D eigenvalue weighted by molar-refractivity contribution is -0.120. The van der Waals surface area contributed by atoms with Gasteiger partial charge in [0.05, 0.1) is 15.8 Å². The fourth-order valence-corrected chi connectivity index (χ4v) is 4.90. The summed E-state index contributed by atoms with van der Waals surface area (Å²) in [4.78, 5) is 12.6. The highest BCUT2D eigenvalue weighted by Gasteiger charge is 2.33. The summed E-state index contributed by atoms with van der Waals surface area (Å²) >= 11 is 9.32. The van der Waals surface area contributed by atoms with Gasteiger partial charge in [-0.25, -0.2) is 12.8 Å². The summed E-state index contributed by atoms with van der Waals surface area (Å²) in [5.74, 6) is -1.23. The number of anilines is 1. The van der Waals surface area contributed by atoms with Crippen molar-refractivity contribution in [3.63, 3.8) is 0 Å². The maximum absolute atomic E-state index is 13.1. The zero-order valence-corrected chi connectivity index (χ0v) is 17.3. The predicted octanol–water partition coefficient (Wildman–Crippen LogP) is 4.28. The van der Waals surface area contributed by atoms with Gasteiger partial charge in [-0.2, -0.15) is 4.31 Å². The van der Waals surface area contributed by atoms with Gasteiger partial charge in [0.1, 0.15) is 5.82 Å². The van der Waals surface area contributed by atoms with E-state index in [0.717, 1.165) is 16.6 Å². The van der Waals surface area contributed by atoms with E-state index in [4.69, 9.17) is 11.6 Å². The van der Waals surface area contributed by atoms with Crippen LogP contribution in [0.5, 0.6) is 0 Å². The quantitative estimate of drug-likeness (QED) is 0.718. The van der Waals surface area contributed by atoms with Crippen LogP contribution >= 0.6 is 27.5 Å². The van der Waals surface area contributed by atoms with Gasteiger partial charge >= 0.3 is 0 Å². The first-order valence-corrected chi connectivity index (χ1v) is 10.9. The van der Waals surface area contributed by atoms with E-state index >= 15 is 0 Å². The normalized spacial score (nSPS) is 18.3. The third kappa shape index (κ3) is 4.68. The summed E-state index contributed by atoms with van der Waals surface area (Å²) in [5, 5.41) is 3.25. The average molecular weight is 476 g/mol. The lowest BCUT2D eigenvalue weighted by Gasteiger charge is -2.31. The minimum atomic E-state index is -3.77. The van der Waals surface area contributed by atoms with Crippen molar-refractivity contribution in [1.82, 2.24) is 4.31 Å². The van der Waals surface area contributed by atoms with E-state index in [0.29, 0.717) is 30.1 Å². The predicted molar refractivity (Wildman–Crippen MR) is 106 cm³/mol. The molecule has 1 heterocycles. The Morgan fingerprint density at radius 1 is 1.22 bits per heavy atom. The molecule has 5 nitrogen and oxygen atoms in total. The first-order valence-electron chi connectivity index (χ1n) is 8.29. The molecular formula is C18H17BrClFN2O3S. The number of sulfonamides is 1. The maximum Gasteiger partial charge on any atom is 0.243 e. The zero-order chi connectivity index (χ0) is 19.6. The van der Waals surface area contributed by atoms with E-state index in [-0.39, 0.29) is 17.3 Å². The molecule has 1 saturated heterocycles. The number of carbonyl (C=O) groups is 1. The molecule has 0 unspecified atom stereocenters. The Bertz CT molecular complexity index is 954. The van der Waals surface area contributed by atoms with Gasteiger partial charge in [0.15, 0.2) is 0 Å². The van der Waals surface area contributed by atoms with Crippen LogP contribution in [-0.4, -0.2) is 31.7 Å². The molecule has 1 N–H and O–H groups in total. The molecule has 0 aliphatic carbocycles. The van der Waals surface area contributed by atoms with Gasteiger partial charge in [0, 0.05) is 23.2 Å². The monoisotopic (exact) mass is 474 g/mol. The van der Waals surface area contributed by atoms with Crippen LogP contribution in [0.4, 0.5) is 10.1 Å². The summed E-state index contributed by atoms with van der Waals surface area (Å²) in [7, 11) is -3.77. The summed E-state index contributed by atoms with van der Waals surface area (Å²) in [6.45, 7) is 0.406. The molecule has 1 fully saturated rings. The first kappa shape index (κ1) is 20.3. The second kappa shape index (κ2) is 8.26. The molecule has 1 atom stereocenters. The molecule has 0 saturated carbocycles. The molecule has 2 aromatic carbocycles. The SMILES string of the molecule is O=C(Nc1ccc(Br)c(Cl)c1)[C@@H]1CCCN(S(=O)(=O)c2ccc(F)cc2)C1. The average Bonchev–Trinajstić information content (AvgIpc) is 2.65. The molecule has 0 spiro atoms. The van der Waals surface area contributed by atoms with Gasteiger partial charge in [0.2, 0.25) is 15.9 Å². The number of amides is 1. The topological polar surface area (TPSA) is 66.5 Å². The van der Waals surface area contributed by atoms with E-state index in [9.17, 15) is 17.6 Å². The van der Waals surface area contributed by atoms with Crippen LogP contribution in [0.1, 0.15) is 12.8 Å². The number of nitrogens with one attached hydrogen (secondary N) is 1. The fourth-order valence-electron chi connectivity index (χ4n) is 2.95. The summed E-state index contributed by atoms with van der Waals surface area (Å²) < 4.78 is 40.6. The van der Waals surface area contributed by atoms with E-state index in [2.05, 4.69) is 21.2 Å². The molecule has 0 aromatic heterocycles. The van der Waals surface area contributed by atoms with Crippen molar-refractivity contribution in [1.29, 1.82) is 0 Å². The van der Waals surface area contributed by atoms with Crippen molar-refractivity contribution in [2.75, 3.05) is 18.4 Å². The Hall–Kier alpha value is -1.48. The number of nitrogens with zero attached hydrogens (tertiary/aromatic N) is 1. The van der Waals surface area contributed by atoms with Gasteiger partial charge in [0.25, 0.3) is 0 Å². The van der Waals surface area contributed by atoms with Crippen LogP contribution in [0.2, 0.25) is 5.02 Å². The highest BCUT2D eigenvalue weighted by molar-refractivity contribution is 9.10. The molecule has 9 heteroatoms. The minimum Gasteiger partial charge on any atom is -0.326 e. The number of rotatable bonds is 4. The molecule has 0 radical (unpaired) electrons. The molecule has 144 valence electrons. The molecular weight excluding hydrogens is 459 g/mol. The van der Waals surface area contributed by atoms with Crippen LogP contribution in [0.25, 0.3) is 0 Å². The molecule has 3 rings (SSSR count). The van der Waals surface area contributed by atoms with Gasteiger partial charge < -0.3 is 5.32 Å². The van der Waals surface area contributed by atoms with Crippen molar-refractivity contribution in [3.05, 3.63) is 57.8 Å². The van der Waals surface area contributed by atoms with E-state index in [1.807, 2.05) is 0 Å². The third-order valence-corrected chi connectivity index (χ3v) is 7.51. The third-order valence-electron chi connectivity index (χ3n) is 4.39. The Labute approximate surface area is 170 Å². The molecule has 1 aliphatic heterocycles. The maximum atomic E-state index is 13.1. The van der Waals surface area contributed by atoms with Crippen LogP contribution < -0.4 is 5.32 Å². The number of halogens is 3. The van der Waals surface area contributed by atoms with E-state index < -0.39 is 21.8 Å². The lowest BCUT2D eigenvalue weighted by Crippen LogP contribution is -2.43. The highest BCUT2D eigenvalue weighted by atomic mass is 79.9.